The molecular formula is C28H27N5O2. The first kappa shape index (κ1) is 21.6. The fourth-order valence-electron chi connectivity index (χ4n) is 5.19. The fraction of sp³-hybridized carbons (Fsp3) is 0.250. The summed E-state index contributed by atoms with van der Waals surface area (Å²) in [6.45, 7) is 2.71. The van der Waals surface area contributed by atoms with Gasteiger partial charge >= 0.3 is 0 Å². The summed E-state index contributed by atoms with van der Waals surface area (Å²) in [6, 6.07) is 21.5. The van der Waals surface area contributed by atoms with Crippen molar-refractivity contribution in [2.75, 3.05) is 30.4 Å². The van der Waals surface area contributed by atoms with E-state index in [1.165, 1.54) is 11.1 Å². The maximum atomic E-state index is 13.2. The maximum Gasteiger partial charge on any atom is 0.272 e. The van der Waals surface area contributed by atoms with Gasteiger partial charge in [0.15, 0.2) is 0 Å². The van der Waals surface area contributed by atoms with Crippen LogP contribution in [0.4, 0.5) is 11.4 Å². The van der Waals surface area contributed by atoms with Gasteiger partial charge in [0.2, 0.25) is 5.91 Å². The number of aromatic nitrogens is 2. The number of carbonyl (C=O) groups excluding carboxylic acids is 1. The largest absolute Gasteiger partial charge is 0.374 e. The van der Waals surface area contributed by atoms with Crippen molar-refractivity contribution in [2.24, 2.45) is 0 Å². The molecule has 0 bridgehead atoms. The number of amides is 1. The predicted octanol–water partition coefficient (Wildman–Crippen LogP) is 3.80. The summed E-state index contributed by atoms with van der Waals surface area (Å²) in [7, 11) is 2.15. The summed E-state index contributed by atoms with van der Waals surface area (Å²) >= 11 is 0. The quantitative estimate of drug-likeness (QED) is 0.479. The van der Waals surface area contributed by atoms with Crippen molar-refractivity contribution in [3.8, 4) is 11.3 Å². The van der Waals surface area contributed by atoms with E-state index in [9.17, 15) is 9.59 Å². The van der Waals surface area contributed by atoms with E-state index in [2.05, 4.69) is 45.7 Å². The Labute approximate surface area is 203 Å². The lowest BCUT2D eigenvalue weighted by molar-refractivity contribution is -0.117. The van der Waals surface area contributed by atoms with E-state index >= 15 is 0 Å². The minimum absolute atomic E-state index is 0.0859. The average molecular weight is 466 g/mol. The SMILES string of the molecule is CN1CCc2cc(NC3CCN(c4ccc(-c5n[nH]c(=O)c6ccccc56)cc4)C3=O)ccc2C1. The number of rotatable bonds is 4. The monoisotopic (exact) mass is 465 g/mol. The molecule has 3 aromatic carbocycles. The molecule has 2 aliphatic rings. The molecule has 35 heavy (non-hydrogen) atoms. The van der Waals surface area contributed by atoms with Gasteiger partial charge in [0, 0.05) is 42.0 Å². The molecule has 7 nitrogen and oxygen atoms in total. The van der Waals surface area contributed by atoms with Gasteiger partial charge < -0.3 is 15.1 Å². The molecule has 0 spiro atoms. The topological polar surface area (TPSA) is 81.3 Å². The van der Waals surface area contributed by atoms with Crippen LogP contribution in [-0.2, 0) is 17.8 Å². The first-order valence-electron chi connectivity index (χ1n) is 12.0. The number of carbonyl (C=O) groups is 1. The van der Waals surface area contributed by atoms with Crippen LogP contribution >= 0.6 is 0 Å². The van der Waals surface area contributed by atoms with Crippen molar-refractivity contribution in [1.29, 1.82) is 0 Å². The zero-order valence-corrected chi connectivity index (χ0v) is 19.6. The molecule has 2 N–H and O–H groups in total. The van der Waals surface area contributed by atoms with Crippen LogP contribution in [0.25, 0.3) is 22.0 Å². The molecule has 1 atom stereocenters. The van der Waals surface area contributed by atoms with Crippen LogP contribution in [0.5, 0.6) is 0 Å². The normalized spacial score (nSPS) is 18.1. The highest BCUT2D eigenvalue weighted by Gasteiger charge is 2.32. The Morgan fingerprint density at radius 2 is 1.74 bits per heavy atom. The van der Waals surface area contributed by atoms with Crippen molar-refractivity contribution >= 4 is 28.1 Å². The highest BCUT2D eigenvalue weighted by Crippen LogP contribution is 2.29. The van der Waals surface area contributed by atoms with Crippen molar-refractivity contribution in [3.63, 3.8) is 0 Å². The van der Waals surface area contributed by atoms with Gasteiger partial charge in [-0.2, -0.15) is 5.10 Å². The summed E-state index contributed by atoms with van der Waals surface area (Å²) in [5, 5.41) is 11.8. The Balaban J connectivity index is 1.19. The third-order valence-corrected chi connectivity index (χ3v) is 7.10. The highest BCUT2D eigenvalue weighted by atomic mass is 16.2. The van der Waals surface area contributed by atoms with Crippen molar-refractivity contribution in [2.45, 2.75) is 25.4 Å². The van der Waals surface area contributed by atoms with Crippen LogP contribution in [-0.4, -0.2) is 47.2 Å². The second kappa shape index (κ2) is 8.67. The van der Waals surface area contributed by atoms with Crippen LogP contribution in [0.3, 0.4) is 0 Å². The van der Waals surface area contributed by atoms with Crippen LogP contribution in [0.2, 0.25) is 0 Å². The number of benzene rings is 3. The summed E-state index contributed by atoms with van der Waals surface area (Å²) in [5.74, 6) is 0.0859. The highest BCUT2D eigenvalue weighted by molar-refractivity contribution is 6.01. The smallest absolute Gasteiger partial charge is 0.272 e. The first-order valence-corrected chi connectivity index (χ1v) is 12.0. The molecular weight excluding hydrogens is 438 g/mol. The Hall–Kier alpha value is -3.97. The summed E-state index contributed by atoms with van der Waals surface area (Å²) in [6.07, 6.45) is 1.80. The molecule has 1 saturated heterocycles. The van der Waals surface area contributed by atoms with E-state index in [-0.39, 0.29) is 17.5 Å². The van der Waals surface area contributed by atoms with Crippen molar-refractivity contribution in [3.05, 3.63) is 88.2 Å². The standard InChI is InChI=1S/C28H27N5O2/c1-32-14-12-19-16-21(9-6-20(19)17-32)29-25-13-15-33(28(25)35)22-10-7-18(8-11-22)26-23-4-2-3-5-24(23)27(34)31-30-26/h2-11,16,25,29H,12-15,17H2,1H3,(H,31,34). The number of nitrogens with one attached hydrogen (secondary N) is 2. The Bertz CT molecular complexity index is 1480. The fourth-order valence-corrected chi connectivity index (χ4v) is 5.19. The molecule has 0 aliphatic carbocycles. The average Bonchev–Trinajstić information content (AvgIpc) is 3.24. The minimum atomic E-state index is -0.233. The van der Waals surface area contributed by atoms with Gasteiger partial charge in [-0.05, 0) is 61.3 Å². The molecule has 1 amide bonds. The number of hydrogen-bond donors (Lipinski definition) is 2. The van der Waals surface area contributed by atoms with Gasteiger partial charge in [0.1, 0.15) is 6.04 Å². The Morgan fingerprint density at radius 3 is 2.57 bits per heavy atom. The lowest BCUT2D eigenvalue weighted by Crippen LogP contribution is -2.33. The maximum absolute atomic E-state index is 13.2. The van der Waals surface area contributed by atoms with Crippen LogP contribution < -0.4 is 15.8 Å². The zero-order valence-electron chi connectivity index (χ0n) is 19.6. The first-order chi connectivity index (χ1) is 17.1. The molecule has 2 aliphatic heterocycles. The van der Waals surface area contributed by atoms with Gasteiger partial charge in [0.05, 0.1) is 11.1 Å². The van der Waals surface area contributed by atoms with Gasteiger partial charge in [-0.1, -0.05) is 36.4 Å². The van der Waals surface area contributed by atoms with Crippen molar-refractivity contribution in [1.82, 2.24) is 15.1 Å². The number of likely N-dealkylation sites (N-methyl/N-ethyl adjacent to an activating group) is 1. The number of fused-ring (bicyclic) bond motifs is 2. The summed E-state index contributed by atoms with van der Waals surface area (Å²) in [4.78, 5) is 29.5. The molecule has 3 heterocycles. The van der Waals surface area contributed by atoms with E-state index in [1.807, 2.05) is 47.4 Å². The van der Waals surface area contributed by atoms with Crippen LogP contribution in [0.1, 0.15) is 17.5 Å². The number of nitrogens with zero attached hydrogens (tertiary/aromatic N) is 3. The molecule has 6 rings (SSSR count). The van der Waals surface area contributed by atoms with Gasteiger partial charge in [0.25, 0.3) is 5.56 Å². The zero-order chi connectivity index (χ0) is 23.9. The molecule has 4 aromatic rings. The molecule has 7 heteroatoms. The summed E-state index contributed by atoms with van der Waals surface area (Å²) in [5.41, 5.74) is 6.03. The second-order valence-electron chi connectivity index (χ2n) is 9.44. The predicted molar refractivity (Wildman–Crippen MR) is 139 cm³/mol. The van der Waals surface area contributed by atoms with E-state index < -0.39 is 0 Å². The number of aromatic amines is 1. The molecule has 0 radical (unpaired) electrons. The Kier molecular flexibility index (Phi) is 5.34. The third-order valence-electron chi connectivity index (χ3n) is 7.10. The number of H-pyrrole nitrogens is 1. The number of anilines is 2. The molecule has 1 fully saturated rings. The van der Waals surface area contributed by atoms with Gasteiger partial charge in [-0.25, -0.2) is 5.10 Å². The van der Waals surface area contributed by atoms with E-state index in [0.29, 0.717) is 11.9 Å². The van der Waals surface area contributed by atoms with Crippen LogP contribution in [0, 0.1) is 0 Å². The minimum Gasteiger partial charge on any atom is -0.374 e. The lowest BCUT2D eigenvalue weighted by atomic mass is 9.99. The molecule has 1 aromatic heterocycles. The van der Waals surface area contributed by atoms with E-state index in [4.69, 9.17) is 0 Å². The van der Waals surface area contributed by atoms with Crippen LogP contribution in [0.15, 0.2) is 71.5 Å². The lowest BCUT2D eigenvalue weighted by Gasteiger charge is -2.26. The summed E-state index contributed by atoms with van der Waals surface area (Å²) < 4.78 is 0. The second-order valence-corrected chi connectivity index (χ2v) is 9.44. The number of hydrogen-bond acceptors (Lipinski definition) is 5. The van der Waals surface area contributed by atoms with E-state index in [0.717, 1.165) is 53.9 Å². The molecule has 0 saturated carbocycles. The molecule has 1 unspecified atom stereocenters. The van der Waals surface area contributed by atoms with Gasteiger partial charge in [-0.15, -0.1) is 0 Å². The van der Waals surface area contributed by atoms with Crippen molar-refractivity contribution < 1.29 is 4.79 Å². The molecule has 176 valence electrons. The van der Waals surface area contributed by atoms with Gasteiger partial charge in [-0.3, -0.25) is 9.59 Å². The van der Waals surface area contributed by atoms with E-state index in [1.54, 1.807) is 6.07 Å². The third kappa shape index (κ3) is 3.98. The Morgan fingerprint density at radius 1 is 0.943 bits per heavy atom.